The van der Waals surface area contributed by atoms with Gasteiger partial charge in [-0.25, -0.2) is 0 Å². The Balaban J connectivity index is 1.45. The number of benzene rings is 1. The highest BCUT2D eigenvalue weighted by atomic mass is 14.9. The van der Waals surface area contributed by atoms with Crippen LogP contribution in [-0.4, -0.2) is 6.54 Å². The minimum absolute atomic E-state index is 0.878. The molecule has 1 nitrogen and oxygen atoms in total. The standard InChI is InChI=1S/C17H25N/c1-2-5-14(6-3-1)12-18-13-15-7-4-8-17(11-15)16-9-10-16/h4,7-8,11,14,16,18H,1-3,5-6,9-10,12-13H2. The van der Waals surface area contributed by atoms with Gasteiger partial charge >= 0.3 is 0 Å². The topological polar surface area (TPSA) is 12.0 Å². The molecule has 1 N–H and O–H groups in total. The normalized spacial score (nSPS) is 21.1. The monoisotopic (exact) mass is 243 g/mol. The molecule has 0 aromatic heterocycles. The third-order valence-corrected chi connectivity index (χ3v) is 4.49. The maximum absolute atomic E-state index is 3.66. The van der Waals surface area contributed by atoms with Gasteiger partial charge in [-0.1, -0.05) is 43.5 Å². The summed E-state index contributed by atoms with van der Waals surface area (Å²) < 4.78 is 0. The fourth-order valence-corrected chi connectivity index (χ4v) is 3.19. The molecule has 0 saturated heterocycles. The molecule has 0 heterocycles. The summed E-state index contributed by atoms with van der Waals surface area (Å²) in [5, 5.41) is 3.66. The average Bonchev–Trinajstić information content (AvgIpc) is 3.25. The molecule has 2 saturated carbocycles. The lowest BCUT2D eigenvalue weighted by atomic mass is 9.89. The van der Waals surface area contributed by atoms with Gasteiger partial charge in [0.15, 0.2) is 0 Å². The fraction of sp³-hybridized carbons (Fsp3) is 0.647. The zero-order valence-corrected chi connectivity index (χ0v) is 11.3. The summed E-state index contributed by atoms with van der Waals surface area (Å²) in [6, 6.07) is 9.19. The van der Waals surface area contributed by atoms with Gasteiger partial charge in [-0.15, -0.1) is 0 Å². The first-order valence-electron chi connectivity index (χ1n) is 7.71. The third-order valence-electron chi connectivity index (χ3n) is 4.49. The van der Waals surface area contributed by atoms with Gasteiger partial charge in [-0.3, -0.25) is 0 Å². The van der Waals surface area contributed by atoms with E-state index in [1.807, 2.05) is 0 Å². The highest BCUT2D eigenvalue weighted by Gasteiger charge is 2.23. The van der Waals surface area contributed by atoms with Crippen molar-refractivity contribution in [1.82, 2.24) is 5.32 Å². The Bertz CT molecular complexity index is 375. The van der Waals surface area contributed by atoms with Gasteiger partial charge < -0.3 is 5.32 Å². The van der Waals surface area contributed by atoms with Gasteiger partial charge in [0, 0.05) is 6.54 Å². The zero-order valence-electron chi connectivity index (χ0n) is 11.3. The van der Waals surface area contributed by atoms with Gasteiger partial charge in [0.2, 0.25) is 0 Å². The van der Waals surface area contributed by atoms with Crippen LogP contribution in [0.1, 0.15) is 62.0 Å². The predicted molar refractivity (Wildman–Crippen MR) is 76.7 cm³/mol. The molecule has 0 aliphatic heterocycles. The molecule has 0 bridgehead atoms. The molecular formula is C17H25N. The van der Waals surface area contributed by atoms with Crippen LogP contribution in [0.15, 0.2) is 24.3 Å². The molecule has 0 atom stereocenters. The van der Waals surface area contributed by atoms with Crippen molar-refractivity contribution in [1.29, 1.82) is 0 Å². The Morgan fingerprint density at radius 2 is 1.83 bits per heavy atom. The summed E-state index contributed by atoms with van der Waals surface area (Å²) in [4.78, 5) is 0. The molecule has 0 amide bonds. The van der Waals surface area contributed by atoms with Crippen molar-refractivity contribution >= 4 is 0 Å². The summed E-state index contributed by atoms with van der Waals surface area (Å²) in [5.41, 5.74) is 3.03. The molecule has 1 aromatic carbocycles. The number of nitrogens with one attached hydrogen (secondary N) is 1. The molecule has 2 fully saturated rings. The lowest BCUT2D eigenvalue weighted by molar-refractivity contribution is 0.342. The van der Waals surface area contributed by atoms with Gasteiger partial charge in [-0.2, -0.15) is 0 Å². The third kappa shape index (κ3) is 3.35. The van der Waals surface area contributed by atoms with E-state index in [0.717, 1.165) is 18.4 Å². The van der Waals surface area contributed by atoms with E-state index in [4.69, 9.17) is 0 Å². The molecule has 18 heavy (non-hydrogen) atoms. The molecule has 3 rings (SSSR count). The molecule has 0 radical (unpaired) electrons. The van der Waals surface area contributed by atoms with Crippen LogP contribution in [0.3, 0.4) is 0 Å². The lowest BCUT2D eigenvalue weighted by Gasteiger charge is -2.21. The van der Waals surface area contributed by atoms with E-state index in [2.05, 4.69) is 29.6 Å². The summed E-state index contributed by atoms with van der Waals surface area (Å²) in [6.45, 7) is 2.27. The SMILES string of the molecule is c1cc(CNCC2CCCCC2)cc(C2CC2)c1. The Morgan fingerprint density at radius 3 is 2.61 bits per heavy atom. The van der Waals surface area contributed by atoms with Gasteiger partial charge in [0.05, 0.1) is 0 Å². The van der Waals surface area contributed by atoms with E-state index in [9.17, 15) is 0 Å². The summed E-state index contributed by atoms with van der Waals surface area (Å²) >= 11 is 0. The highest BCUT2D eigenvalue weighted by Crippen LogP contribution is 2.40. The molecule has 0 spiro atoms. The summed E-state index contributed by atoms with van der Waals surface area (Å²) in [6.07, 6.45) is 10.0. The van der Waals surface area contributed by atoms with E-state index in [1.54, 1.807) is 5.56 Å². The molecule has 98 valence electrons. The molecule has 0 unspecified atom stereocenters. The van der Waals surface area contributed by atoms with Crippen LogP contribution in [-0.2, 0) is 6.54 Å². The van der Waals surface area contributed by atoms with Crippen molar-refractivity contribution in [2.75, 3.05) is 6.54 Å². The maximum Gasteiger partial charge on any atom is 0.0205 e. The van der Waals surface area contributed by atoms with Crippen LogP contribution in [0.5, 0.6) is 0 Å². The number of hydrogen-bond acceptors (Lipinski definition) is 1. The van der Waals surface area contributed by atoms with E-state index in [0.29, 0.717) is 0 Å². The zero-order chi connectivity index (χ0) is 12.2. The van der Waals surface area contributed by atoms with Crippen molar-refractivity contribution in [2.24, 2.45) is 5.92 Å². The van der Waals surface area contributed by atoms with Crippen LogP contribution in [0.4, 0.5) is 0 Å². The molecule has 1 heteroatoms. The summed E-state index contributed by atoms with van der Waals surface area (Å²) in [5.74, 6) is 1.81. The minimum atomic E-state index is 0.878. The molecule has 2 aliphatic rings. The quantitative estimate of drug-likeness (QED) is 0.816. The van der Waals surface area contributed by atoms with Crippen molar-refractivity contribution in [3.05, 3.63) is 35.4 Å². The van der Waals surface area contributed by atoms with Crippen LogP contribution < -0.4 is 5.32 Å². The van der Waals surface area contributed by atoms with Gasteiger partial charge in [0.1, 0.15) is 0 Å². The number of hydrogen-bond donors (Lipinski definition) is 1. The molecular weight excluding hydrogens is 218 g/mol. The highest BCUT2D eigenvalue weighted by molar-refractivity contribution is 5.29. The predicted octanol–water partition coefficient (Wildman–Crippen LogP) is 4.23. The van der Waals surface area contributed by atoms with Crippen molar-refractivity contribution in [3.8, 4) is 0 Å². The Hall–Kier alpha value is -0.820. The first kappa shape index (κ1) is 12.2. The van der Waals surface area contributed by atoms with E-state index < -0.39 is 0 Å². The Kier molecular flexibility index (Phi) is 3.99. The largest absolute Gasteiger partial charge is 0.312 e. The fourth-order valence-electron chi connectivity index (χ4n) is 3.19. The maximum atomic E-state index is 3.66. The molecule has 1 aromatic rings. The first-order valence-corrected chi connectivity index (χ1v) is 7.71. The number of rotatable bonds is 5. The Labute approximate surface area is 111 Å². The second-order valence-electron chi connectivity index (χ2n) is 6.15. The van der Waals surface area contributed by atoms with E-state index in [-0.39, 0.29) is 0 Å². The van der Waals surface area contributed by atoms with Crippen LogP contribution in [0.25, 0.3) is 0 Å². The van der Waals surface area contributed by atoms with Crippen LogP contribution in [0.2, 0.25) is 0 Å². The van der Waals surface area contributed by atoms with Gasteiger partial charge in [0.25, 0.3) is 0 Å². The van der Waals surface area contributed by atoms with E-state index in [1.165, 1.54) is 57.1 Å². The van der Waals surface area contributed by atoms with Crippen LogP contribution in [0, 0.1) is 5.92 Å². The Morgan fingerprint density at radius 1 is 1.00 bits per heavy atom. The smallest absolute Gasteiger partial charge is 0.0205 e. The summed E-state index contributed by atoms with van der Waals surface area (Å²) in [7, 11) is 0. The van der Waals surface area contributed by atoms with Crippen molar-refractivity contribution in [3.63, 3.8) is 0 Å². The van der Waals surface area contributed by atoms with Crippen molar-refractivity contribution in [2.45, 2.75) is 57.4 Å². The second kappa shape index (κ2) is 5.88. The molecule has 2 aliphatic carbocycles. The average molecular weight is 243 g/mol. The van der Waals surface area contributed by atoms with Crippen molar-refractivity contribution < 1.29 is 0 Å². The second-order valence-corrected chi connectivity index (χ2v) is 6.15. The van der Waals surface area contributed by atoms with Gasteiger partial charge in [-0.05, 0) is 55.2 Å². The minimum Gasteiger partial charge on any atom is -0.312 e. The van der Waals surface area contributed by atoms with Crippen LogP contribution >= 0.6 is 0 Å². The van der Waals surface area contributed by atoms with E-state index >= 15 is 0 Å². The lowest BCUT2D eigenvalue weighted by Crippen LogP contribution is -2.24. The first-order chi connectivity index (χ1) is 8.92.